The van der Waals surface area contributed by atoms with Crippen LogP contribution in [-0.4, -0.2) is 29.0 Å². The van der Waals surface area contributed by atoms with Gasteiger partial charge in [-0.2, -0.15) is 12.6 Å². The molecule has 7 heavy (non-hydrogen) atoms. The first-order valence-corrected chi connectivity index (χ1v) is 2.44. The Labute approximate surface area is 47.4 Å². The van der Waals surface area contributed by atoms with Crippen LogP contribution in [0.1, 0.15) is 0 Å². The maximum Gasteiger partial charge on any atom is 0.329 e. The molecular weight excluding hydrogens is 116 g/mol. The summed E-state index contributed by atoms with van der Waals surface area (Å²) in [6.45, 7) is -0.778. The number of carboxylic acid groups (broad SMARTS) is 1. The normalized spacial score (nSPS) is 6.14. The average molecular weight is 124 g/mol. The Morgan fingerprint density at radius 3 is 1.86 bits per heavy atom. The van der Waals surface area contributed by atoms with Gasteiger partial charge in [0, 0.05) is 0 Å². The van der Waals surface area contributed by atoms with Gasteiger partial charge in [0.1, 0.15) is 6.61 Å². The molecule has 0 bridgehead atoms. The fraction of sp³-hybridized carbons (Fsp3) is 0.667. The Balaban J connectivity index is 0. The molecule has 0 saturated carbocycles. The quantitative estimate of drug-likeness (QED) is 0.417. The summed E-state index contributed by atoms with van der Waals surface area (Å²) >= 11 is 3.53. The minimum absolute atomic E-state index is 0.778. The van der Waals surface area contributed by atoms with Crippen LogP contribution in [0.3, 0.4) is 0 Å². The zero-order chi connectivity index (χ0) is 6.28. The van der Waals surface area contributed by atoms with E-state index in [-0.39, 0.29) is 0 Å². The first-order valence-electron chi connectivity index (χ1n) is 1.54. The predicted octanol–water partition coefficient (Wildman–Crippen LogP) is -0.391. The SMILES string of the molecule is CS.O=C(O)CO. The van der Waals surface area contributed by atoms with Gasteiger partial charge in [0.25, 0.3) is 0 Å². The summed E-state index contributed by atoms with van der Waals surface area (Å²) in [6.07, 6.45) is 1.69. The topological polar surface area (TPSA) is 57.5 Å². The van der Waals surface area contributed by atoms with Crippen LogP contribution >= 0.6 is 12.6 Å². The number of carboxylic acids is 1. The predicted molar refractivity (Wildman–Crippen MR) is 29.6 cm³/mol. The molecular formula is C3H8O3S. The van der Waals surface area contributed by atoms with Crippen molar-refractivity contribution in [3.63, 3.8) is 0 Å². The number of hydrogen-bond acceptors (Lipinski definition) is 3. The lowest BCUT2D eigenvalue weighted by atomic mass is 10.8. The van der Waals surface area contributed by atoms with E-state index in [4.69, 9.17) is 15.0 Å². The molecule has 0 heterocycles. The second-order valence-corrected chi connectivity index (χ2v) is 0.552. The van der Waals surface area contributed by atoms with E-state index in [1.165, 1.54) is 0 Å². The van der Waals surface area contributed by atoms with E-state index in [1.807, 2.05) is 0 Å². The van der Waals surface area contributed by atoms with Gasteiger partial charge in [-0.15, -0.1) is 0 Å². The molecule has 0 fully saturated rings. The largest absolute Gasteiger partial charge is 0.480 e. The summed E-state index contributed by atoms with van der Waals surface area (Å²) in [6, 6.07) is 0. The van der Waals surface area contributed by atoms with Crippen LogP contribution in [0.25, 0.3) is 0 Å². The summed E-state index contributed by atoms with van der Waals surface area (Å²) in [5.41, 5.74) is 0. The molecule has 0 aromatic carbocycles. The van der Waals surface area contributed by atoms with Gasteiger partial charge in [0.05, 0.1) is 0 Å². The lowest BCUT2D eigenvalue weighted by molar-refractivity contribution is -0.140. The molecule has 0 rings (SSSR count). The summed E-state index contributed by atoms with van der Waals surface area (Å²) in [7, 11) is 0. The second kappa shape index (κ2) is 9.24. The van der Waals surface area contributed by atoms with Crippen molar-refractivity contribution in [1.82, 2.24) is 0 Å². The van der Waals surface area contributed by atoms with E-state index in [2.05, 4.69) is 12.6 Å². The fourth-order valence-electron chi connectivity index (χ4n) is 0. The molecule has 0 unspecified atom stereocenters. The van der Waals surface area contributed by atoms with E-state index in [0.717, 1.165) is 0 Å². The zero-order valence-electron chi connectivity index (χ0n) is 3.96. The van der Waals surface area contributed by atoms with Crippen molar-refractivity contribution >= 4 is 18.6 Å². The summed E-state index contributed by atoms with van der Waals surface area (Å²) in [5.74, 6) is -1.19. The molecule has 4 heteroatoms. The van der Waals surface area contributed by atoms with E-state index in [0.29, 0.717) is 0 Å². The minimum atomic E-state index is -1.19. The molecule has 0 aromatic heterocycles. The molecule has 3 nitrogen and oxygen atoms in total. The minimum Gasteiger partial charge on any atom is -0.480 e. The summed E-state index contributed by atoms with van der Waals surface area (Å²) in [4.78, 5) is 9.12. The lowest BCUT2D eigenvalue weighted by Gasteiger charge is -1.72. The highest BCUT2D eigenvalue weighted by atomic mass is 32.1. The molecule has 0 aliphatic rings. The van der Waals surface area contributed by atoms with Crippen molar-refractivity contribution in [2.75, 3.05) is 12.9 Å². The molecule has 0 saturated heterocycles. The van der Waals surface area contributed by atoms with Crippen LogP contribution in [0, 0.1) is 0 Å². The van der Waals surface area contributed by atoms with Gasteiger partial charge in [-0.1, -0.05) is 0 Å². The van der Waals surface area contributed by atoms with Gasteiger partial charge >= 0.3 is 5.97 Å². The summed E-state index contributed by atoms with van der Waals surface area (Å²) < 4.78 is 0. The van der Waals surface area contributed by atoms with Crippen LogP contribution in [0.4, 0.5) is 0 Å². The second-order valence-electron chi connectivity index (χ2n) is 0.552. The van der Waals surface area contributed by atoms with Gasteiger partial charge in [0.2, 0.25) is 0 Å². The first kappa shape index (κ1) is 9.91. The molecule has 0 atom stereocenters. The molecule has 0 aliphatic heterocycles. The van der Waals surface area contributed by atoms with Crippen LogP contribution in [0.15, 0.2) is 0 Å². The zero-order valence-corrected chi connectivity index (χ0v) is 4.85. The van der Waals surface area contributed by atoms with E-state index >= 15 is 0 Å². The monoisotopic (exact) mass is 124 g/mol. The number of aliphatic carboxylic acids is 1. The highest BCUT2D eigenvalue weighted by molar-refractivity contribution is 7.79. The number of carbonyl (C=O) groups is 1. The third kappa shape index (κ3) is 26.1. The Morgan fingerprint density at radius 2 is 1.86 bits per heavy atom. The van der Waals surface area contributed by atoms with Crippen LogP contribution in [0.2, 0.25) is 0 Å². The molecule has 44 valence electrons. The molecule has 0 aromatic rings. The number of aliphatic hydroxyl groups excluding tert-OH is 1. The standard InChI is InChI=1S/C2H4O3.CH4S/c3-1-2(4)5;1-2/h3H,1H2,(H,4,5);2H,1H3. The van der Waals surface area contributed by atoms with Crippen LogP contribution < -0.4 is 0 Å². The highest BCUT2D eigenvalue weighted by Gasteiger charge is 1.82. The Bertz CT molecular complexity index is 45.4. The van der Waals surface area contributed by atoms with Crippen molar-refractivity contribution in [3.05, 3.63) is 0 Å². The number of aliphatic hydroxyl groups is 1. The van der Waals surface area contributed by atoms with E-state index < -0.39 is 12.6 Å². The fourth-order valence-corrected chi connectivity index (χ4v) is 0. The van der Waals surface area contributed by atoms with Crippen molar-refractivity contribution in [2.24, 2.45) is 0 Å². The highest BCUT2D eigenvalue weighted by Crippen LogP contribution is 1.48. The van der Waals surface area contributed by atoms with Gasteiger partial charge in [-0.25, -0.2) is 4.79 Å². The molecule has 0 spiro atoms. The molecule has 0 radical (unpaired) electrons. The van der Waals surface area contributed by atoms with E-state index in [1.54, 1.807) is 6.26 Å². The van der Waals surface area contributed by atoms with Gasteiger partial charge in [-0.3, -0.25) is 0 Å². The third-order valence-electron chi connectivity index (χ3n) is 0.135. The smallest absolute Gasteiger partial charge is 0.329 e. The summed E-state index contributed by atoms with van der Waals surface area (Å²) in [5, 5.41) is 15.0. The number of hydrogen-bond donors (Lipinski definition) is 3. The maximum absolute atomic E-state index is 9.12. The Hall–Kier alpha value is -0.220. The van der Waals surface area contributed by atoms with Gasteiger partial charge in [0.15, 0.2) is 0 Å². The van der Waals surface area contributed by atoms with Crippen molar-refractivity contribution in [1.29, 1.82) is 0 Å². The number of thiol groups is 1. The number of rotatable bonds is 1. The van der Waals surface area contributed by atoms with Gasteiger partial charge < -0.3 is 10.2 Å². The Morgan fingerprint density at radius 1 is 1.71 bits per heavy atom. The maximum atomic E-state index is 9.12. The van der Waals surface area contributed by atoms with E-state index in [9.17, 15) is 0 Å². The Kier molecular flexibility index (Phi) is 13.1. The van der Waals surface area contributed by atoms with Gasteiger partial charge in [-0.05, 0) is 6.26 Å². The third-order valence-corrected chi connectivity index (χ3v) is 0.135. The molecule has 2 N–H and O–H groups in total. The lowest BCUT2D eigenvalue weighted by Crippen LogP contribution is -1.98. The van der Waals surface area contributed by atoms with Crippen molar-refractivity contribution in [2.45, 2.75) is 0 Å². The first-order chi connectivity index (χ1) is 3.27. The van der Waals surface area contributed by atoms with Crippen molar-refractivity contribution in [3.8, 4) is 0 Å². The molecule has 0 amide bonds. The average Bonchev–Trinajstić information content (AvgIpc) is 1.73. The van der Waals surface area contributed by atoms with Crippen LogP contribution in [0.5, 0.6) is 0 Å². The van der Waals surface area contributed by atoms with Crippen LogP contribution in [-0.2, 0) is 4.79 Å². The van der Waals surface area contributed by atoms with Crippen molar-refractivity contribution < 1.29 is 15.0 Å². The molecule has 0 aliphatic carbocycles.